The molecule has 2 aromatic heterocycles. The van der Waals surface area contributed by atoms with E-state index in [2.05, 4.69) is 17.2 Å². The van der Waals surface area contributed by atoms with E-state index >= 15 is 0 Å². The second-order valence-electron chi connectivity index (χ2n) is 4.92. The van der Waals surface area contributed by atoms with Gasteiger partial charge in [0.15, 0.2) is 0 Å². The van der Waals surface area contributed by atoms with E-state index in [1.54, 1.807) is 11.3 Å². The Morgan fingerprint density at radius 3 is 2.89 bits per heavy atom. The molecule has 2 aromatic rings. The molecule has 6 heteroatoms. The van der Waals surface area contributed by atoms with Crippen LogP contribution in [0.15, 0.2) is 0 Å². The molecule has 0 aromatic carbocycles. The molecule has 2 N–H and O–H groups in total. The summed E-state index contributed by atoms with van der Waals surface area (Å²) in [5.41, 5.74) is 9.02. The average Bonchev–Trinajstić information content (AvgIpc) is 3.01. The summed E-state index contributed by atoms with van der Waals surface area (Å²) >= 11 is 1.76. The Balaban J connectivity index is 2.01. The van der Waals surface area contributed by atoms with Crippen molar-refractivity contribution in [2.75, 3.05) is 0 Å². The van der Waals surface area contributed by atoms with Crippen molar-refractivity contribution in [3.8, 4) is 5.13 Å². The van der Waals surface area contributed by atoms with Crippen LogP contribution in [0.25, 0.3) is 5.13 Å². The van der Waals surface area contributed by atoms with Gasteiger partial charge in [0.1, 0.15) is 0 Å². The van der Waals surface area contributed by atoms with E-state index in [9.17, 15) is 0 Å². The van der Waals surface area contributed by atoms with Crippen molar-refractivity contribution >= 4 is 11.3 Å². The monoisotopic (exact) mass is 277 g/mol. The van der Waals surface area contributed by atoms with Crippen LogP contribution in [-0.2, 0) is 25.8 Å². The summed E-state index contributed by atoms with van der Waals surface area (Å²) in [6.07, 6.45) is 6.81. The van der Waals surface area contributed by atoms with Gasteiger partial charge in [0, 0.05) is 11.4 Å². The standard InChI is InChI=1S/C13H19N5S/c1-2-5-11-10(8-14)16-17-18(11)13-15-9-6-3-4-7-12(9)19-13/h2-8,14H2,1H3. The molecule has 0 atom stereocenters. The fraction of sp³-hybridized carbons (Fsp3) is 0.615. The summed E-state index contributed by atoms with van der Waals surface area (Å²) < 4.78 is 1.90. The first kappa shape index (κ1) is 12.7. The van der Waals surface area contributed by atoms with Gasteiger partial charge in [0.2, 0.25) is 5.13 Å². The van der Waals surface area contributed by atoms with Gasteiger partial charge in [-0.1, -0.05) is 29.9 Å². The number of rotatable bonds is 4. The summed E-state index contributed by atoms with van der Waals surface area (Å²) in [4.78, 5) is 6.17. The van der Waals surface area contributed by atoms with Gasteiger partial charge < -0.3 is 5.73 Å². The maximum absolute atomic E-state index is 5.74. The molecule has 1 aliphatic rings. The Morgan fingerprint density at radius 2 is 2.16 bits per heavy atom. The lowest BCUT2D eigenvalue weighted by molar-refractivity contribution is 0.677. The number of thiazole rings is 1. The van der Waals surface area contributed by atoms with Crippen LogP contribution in [0.2, 0.25) is 0 Å². The first-order valence-corrected chi connectivity index (χ1v) is 7.77. The lowest BCUT2D eigenvalue weighted by Gasteiger charge is -2.06. The van der Waals surface area contributed by atoms with E-state index in [-0.39, 0.29) is 0 Å². The number of hydrogen-bond acceptors (Lipinski definition) is 5. The number of hydrogen-bond donors (Lipinski definition) is 1. The first-order chi connectivity index (χ1) is 9.33. The fourth-order valence-electron chi connectivity index (χ4n) is 2.56. The predicted molar refractivity (Wildman–Crippen MR) is 75.6 cm³/mol. The molecule has 0 bridgehead atoms. The average molecular weight is 277 g/mol. The third-order valence-corrected chi connectivity index (χ3v) is 4.67. The Kier molecular flexibility index (Phi) is 3.61. The van der Waals surface area contributed by atoms with Crippen molar-refractivity contribution in [1.29, 1.82) is 0 Å². The van der Waals surface area contributed by atoms with E-state index in [4.69, 9.17) is 10.7 Å². The molecule has 0 fully saturated rings. The molecule has 0 saturated heterocycles. The van der Waals surface area contributed by atoms with Crippen LogP contribution in [0, 0.1) is 0 Å². The Hall–Kier alpha value is -1.27. The lowest BCUT2D eigenvalue weighted by atomic mass is 10.0. The SMILES string of the molecule is CCCc1c(CN)nnn1-c1nc2c(s1)CCCC2. The van der Waals surface area contributed by atoms with Crippen molar-refractivity contribution in [3.05, 3.63) is 22.0 Å². The number of aryl methyl sites for hydroxylation is 2. The van der Waals surface area contributed by atoms with Gasteiger partial charge in [-0.05, 0) is 32.1 Å². The maximum atomic E-state index is 5.74. The Morgan fingerprint density at radius 1 is 1.32 bits per heavy atom. The zero-order valence-corrected chi connectivity index (χ0v) is 12.0. The summed E-state index contributed by atoms with van der Waals surface area (Å²) in [5, 5.41) is 9.41. The van der Waals surface area contributed by atoms with Crippen LogP contribution in [0.4, 0.5) is 0 Å². The van der Waals surface area contributed by atoms with E-state index in [1.165, 1.54) is 23.4 Å². The Bertz CT molecular complexity index is 548. The minimum Gasteiger partial charge on any atom is -0.325 e. The summed E-state index contributed by atoms with van der Waals surface area (Å²) in [6, 6.07) is 0. The van der Waals surface area contributed by atoms with Gasteiger partial charge in [0.25, 0.3) is 0 Å². The Labute approximate surface area is 116 Å². The van der Waals surface area contributed by atoms with Crippen molar-refractivity contribution in [1.82, 2.24) is 20.0 Å². The topological polar surface area (TPSA) is 69.6 Å². The number of nitrogens with two attached hydrogens (primary N) is 1. The van der Waals surface area contributed by atoms with E-state index < -0.39 is 0 Å². The highest BCUT2D eigenvalue weighted by Crippen LogP contribution is 2.29. The van der Waals surface area contributed by atoms with Gasteiger partial charge in [-0.3, -0.25) is 0 Å². The third kappa shape index (κ3) is 2.30. The highest BCUT2D eigenvalue weighted by molar-refractivity contribution is 7.14. The van der Waals surface area contributed by atoms with Crippen molar-refractivity contribution in [2.45, 2.75) is 52.0 Å². The van der Waals surface area contributed by atoms with Crippen LogP contribution in [0.5, 0.6) is 0 Å². The van der Waals surface area contributed by atoms with Crippen molar-refractivity contribution in [2.24, 2.45) is 5.73 Å². The molecule has 0 saturated carbocycles. The maximum Gasteiger partial charge on any atom is 0.212 e. The van der Waals surface area contributed by atoms with E-state index in [0.717, 1.165) is 42.2 Å². The minimum absolute atomic E-state index is 0.445. The number of fused-ring (bicyclic) bond motifs is 1. The van der Waals surface area contributed by atoms with Gasteiger partial charge in [-0.15, -0.1) is 5.10 Å². The molecular weight excluding hydrogens is 258 g/mol. The van der Waals surface area contributed by atoms with Gasteiger partial charge in [-0.25, -0.2) is 4.98 Å². The quantitative estimate of drug-likeness (QED) is 0.928. The minimum atomic E-state index is 0.445. The van der Waals surface area contributed by atoms with E-state index in [0.29, 0.717) is 6.54 Å². The first-order valence-electron chi connectivity index (χ1n) is 6.96. The second-order valence-corrected chi connectivity index (χ2v) is 5.98. The van der Waals surface area contributed by atoms with Crippen LogP contribution < -0.4 is 5.73 Å². The summed E-state index contributed by atoms with van der Waals surface area (Å²) in [7, 11) is 0. The molecule has 2 heterocycles. The zero-order valence-electron chi connectivity index (χ0n) is 11.2. The largest absolute Gasteiger partial charge is 0.325 e. The molecule has 102 valence electrons. The van der Waals surface area contributed by atoms with Crippen LogP contribution in [-0.4, -0.2) is 20.0 Å². The van der Waals surface area contributed by atoms with Crippen molar-refractivity contribution in [3.63, 3.8) is 0 Å². The summed E-state index contributed by atoms with van der Waals surface area (Å²) in [6.45, 7) is 2.60. The van der Waals surface area contributed by atoms with E-state index in [1.807, 2.05) is 4.68 Å². The van der Waals surface area contributed by atoms with Crippen LogP contribution in [0.3, 0.4) is 0 Å². The van der Waals surface area contributed by atoms with Gasteiger partial charge >= 0.3 is 0 Å². The molecule has 0 amide bonds. The molecule has 0 aliphatic heterocycles. The highest BCUT2D eigenvalue weighted by Gasteiger charge is 2.19. The molecule has 3 rings (SSSR count). The highest BCUT2D eigenvalue weighted by atomic mass is 32.1. The zero-order chi connectivity index (χ0) is 13.2. The fourth-order valence-corrected chi connectivity index (χ4v) is 3.68. The smallest absolute Gasteiger partial charge is 0.212 e. The third-order valence-electron chi connectivity index (χ3n) is 3.54. The van der Waals surface area contributed by atoms with Crippen LogP contribution >= 0.6 is 11.3 Å². The predicted octanol–water partition coefficient (Wildman–Crippen LogP) is 2.01. The van der Waals surface area contributed by atoms with Gasteiger partial charge in [-0.2, -0.15) is 4.68 Å². The number of aromatic nitrogens is 4. The molecule has 0 spiro atoms. The lowest BCUT2D eigenvalue weighted by Crippen LogP contribution is -2.06. The molecule has 19 heavy (non-hydrogen) atoms. The molecule has 1 aliphatic carbocycles. The molecule has 0 unspecified atom stereocenters. The molecular formula is C13H19N5S. The second kappa shape index (κ2) is 5.38. The molecule has 5 nitrogen and oxygen atoms in total. The van der Waals surface area contributed by atoms with Crippen LogP contribution in [0.1, 0.15) is 48.1 Å². The van der Waals surface area contributed by atoms with Crippen molar-refractivity contribution < 1.29 is 0 Å². The normalized spacial score (nSPS) is 14.6. The molecule has 0 radical (unpaired) electrons. The number of nitrogens with zero attached hydrogens (tertiary/aromatic N) is 4. The van der Waals surface area contributed by atoms with Gasteiger partial charge in [0.05, 0.1) is 17.1 Å². The summed E-state index contributed by atoms with van der Waals surface area (Å²) in [5.74, 6) is 0.